The zero-order valence-electron chi connectivity index (χ0n) is 41.6. The van der Waals surface area contributed by atoms with Crippen molar-refractivity contribution < 1.29 is 4.74 Å². The summed E-state index contributed by atoms with van der Waals surface area (Å²) >= 11 is 0. The molecule has 0 atom stereocenters. The smallest absolute Gasteiger partial charge is 0.0997 e. The molecule has 346 valence electrons. The highest BCUT2D eigenvalue weighted by atomic mass is 16.5. The molecule has 3 aromatic rings. The summed E-state index contributed by atoms with van der Waals surface area (Å²) < 4.78 is 5.69. The van der Waals surface area contributed by atoms with E-state index in [-0.39, 0.29) is 13.0 Å². The maximum Gasteiger partial charge on any atom is 0.0997 e. The van der Waals surface area contributed by atoms with Crippen LogP contribution in [0.3, 0.4) is 0 Å². The minimum atomic E-state index is 0. The second kappa shape index (κ2) is 30.9. The third-order valence-corrected chi connectivity index (χ3v) is 8.59. The normalized spacial score (nSPS) is 14.6. The zero-order valence-corrected chi connectivity index (χ0v) is 41.6. The largest absolute Gasteiger partial charge is 0.385 e. The summed E-state index contributed by atoms with van der Waals surface area (Å²) in [5, 5.41) is 6.71. The number of para-hydroxylation sites is 1. The molecule has 7 nitrogen and oxygen atoms in total. The van der Waals surface area contributed by atoms with Gasteiger partial charge in [-0.2, -0.15) is 0 Å². The fourth-order valence-corrected chi connectivity index (χ4v) is 5.86. The van der Waals surface area contributed by atoms with E-state index in [1.807, 2.05) is 62.8 Å². The van der Waals surface area contributed by atoms with Gasteiger partial charge in [-0.3, -0.25) is 14.9 Å². The number of rotatable bonds is 8. The first-order chi connectivity index (χ1) is 27.4. The van der Waals surface area contributed by atoms with Crippen LogP contribution in [0.25, 0.3) is 0 Å². The van der Waals surface area contributed by atoms with E-state index >= 15 is 0 Å². The Kier molecular flexibility index (Phi) is 30.5. The average molecular weight is 835 g/mol. The first kappa shape index (κ1) is 59.1. The average Bonchev–Trinajstić information content (AvgIpc) is 3.66. The van der Waals surface area contributed by atoms with Crippen LogP contribution in [-0.4, -0.2) is 77.9 Å². The molecule has 4 heterocycles. The van der Waals surface area contributed by atoms with Gasteiger partial charge in [0.2, 0.25) is 0 Å². The van der Waals surface area contributed by atoms with Crippen LogP contribution in [0.15, 0.2) is 79.4 Å². The van der Waals surface area contributed by atoms with E-state index in [0.717, 1.165) is 31.9 Å². The number of likely N-dealkylation sites (tertiary alicyclic amines) is 2. The number of nitrogens with zero attached hydrogens (tertiary/aromatic N) is 4. The predicted molar refractivity (Wildman–Crippen MR) is 268 cm³/mol. The van der Waals surface area contributed by atoms with Crippen LogP contribution in [0.2, 0.25) is 0 Å². The molecule has 2 N–H and O–H groups in total. The molecule has 0 aliphatic carbocycles. The molecule has 0 unspecified atom stereocenters. The Morgan fingerprint density at radius 2 is 0.983 bits per heavy atom. The summed E-state index contributed by atoms with van der Waals surface area (Å²) in [4.78, 5) is 13.0. The number of ether oxygens (including phenoxy) is 1. The van der Waals surface area contributed by atoms with Gasteiger partial charge in [0.05, 0.1) is 18.0 Å². The molecule has 2 fully saturated rings. The first-order valence-corrected chi connectivity index (χ1v) is 22.8. The summed E-state index contributed by atoms with van der Waals surface area (Å²) in [5.74, 6) is 0. The Hall–Kier alpha value is -3.00. The molecule has 2 aromatic heterocycles. The van der Waals surface area contributed by atoms with E-state index in [9.17, 15) is 0 Å². The number of pyridine rings is 2. The third kappa shape index (κ3) is 39.2. The van der Waals surface area contributed by atoms with Gasteiger partial charge in [-0.1, -0.05) is 129 Å². The molecule has 60 heavy (non-hydrogen) atoms. The second-order valence-electron chi connectivity index (χ2n) is 21.6. The molecule has 1 aromatic carbocycles. The lowest BCUT2D eigenvalue weighted by atomic mass is 9.89. The summed E-state index contributed by atoms with van der Waals surface area (Å²) in [5.41, 5.74) is 5.20. The number of aromatic nitrogens is 2. The van der Waals surface area contributed by atoms with E-state index in [4.69, 9.17) is 4.74 Å². The number of benzene rings is 1. The first-order valence-electron chi connectivity index (χ1n) is 22.8. The zero-order chi connectivity index (χ0) is 45.0. The van der Waals surface area contributed by atoms with Gasteiger partial charge in [-0.15, -0.1) is 0 Å². The maximum atomic E-state index is 5.69. The van der Waals surface area contributed by atoms with Crippen LogP contribution in [0.4, 0.5) is 11.4 Å². The van der Waals surface area contributed by atoms with Crippen molar-refractivity contribution >= 4 is 11.4 Å². The quantitative estimate of drug-likeness (QED) is 0.234. The van der Waals surface area contributed by atoms with Gasteiger partial charge in [-0.25, -0.2) is 0 Å². The van der Waals surface area contributed by atoms with Crippen molar-refractivity contribution in [3.8, 4) is 0 Å². The molecule has 0 spiro atoms. The van der Waals surface area contributed by atoms with E-state index in [0.29, 0.717) is 21.7 Å². The summed E-state index contributed by atoms with van der Waals surface area (Å²) in [7, 11) is 0. The van der Waals surface area contributed by atoms with Gasteiger partial charge in [0, 0.05) is 63.2 Å². The van der Waals surface area contributed by atoms with Crippen LogP contribution < -0.4 is 10.6 Å². The lowest BCUT2D eigenvalue weighted by molar-refractivity contribution is -0.0677. The van der Waals surface area contributed by atoms with Gasteiger partial charge < -0.3 is 20.3 Å². The molecule has 2 aliphatic heterocycles. The Morgan fingerprint density at radius 3 is 1.42 bits per heavy atom. The van der Waals surface area contributed by atoms with Crippen LogP contribution >= 0.6 is 0 Å². The van der Waals surface area contributed by atoms with Gasteiger partial charge >= 0.3 is 0 Å². The highest BCUT2D eigenvalue weighted by molar-refractivity contribution is 5.42. The van der Waals surface area contributed by atoms with Crippen molar-refractivity contribution in [2.24, 2.45) is 21.7 Å². The lowest BCUT2D eigenvalue weighted by Gasteiger charge is -2.29. The monoisotopic (exact) mass is 835 g/mol. The molecule has 5 rings (SSSR count). The Labute approximate surface area is 373 Å². The minimum Gasteiger partial charge on any atom is -0.385 e. The lowest BCUT2D eigenvalue weighted by Crippen LogP contribution is -2.35. The Bertz CT molecular complexity index is 1320. The summed E-state index contributed by atoms with van der Waals surface area (Å²) in [6.07, 6.45) is 15.3. The fraction of sp³-hybridized carbons (Fsp3) is 0.698. The van der Waals surface area contributed by atoms with Crippen molar-refractivity contribution in [2.45, 2.75) is 169 Å². The number of nitrogens with one attached hydrogen (secondary N) is 2. The van der Waals surface area contributed by atoms with E-state index in [2.05, 4.69) is 159 Å². The number of hydrogen-bond acceptors (Lipinski definition) is 7. The van der Waals surface area contributed by atoms with Crippen LogP contribution in [0.1, 0.15) is 163 Å². The number of piperidine rings is 1. The topological polar surface area (TPSA) is 65.5 Å². The molecule has 0 amide bonds. The van der Waals surface area contributed by atoms with Gasteiger partial charge in [0.25, 0.3) is 0 Å². The van der Waals surface area contributed by atoms with Gasteiger partial charge in [0.1, 0.15) is 0 Å². The molecule has 2 saturated heterocycles. The minimum absolute atomic E-state index is 0. The summed E-state index contributed by atoms with van der Waals surface area (Å²) in [6, 6.07) is 18.4. The van der Waals surface area contributed by atoms with E-state index < -0.39 is 0 Å². The molecular formula is C53H98N6O. The highest BCUT2D eigenvalue weighted by Crippen LogP contribution is 2.20. The molecular weight excluding hydrogens is 737 g/mol. The van der Waals surface area contributed by atoms with E-state index in [1.54, 1.807) is 6.20 Å². The SMILES string of the molecule is C.CC.CC(C)(C)CN1CCCC1.CC(C)(C)CNc1ccccc1.CC(C)(C)CNc1cccnc1.CC(C)(C)Cc1ccncc1.CC(C)(C)OCN1CCCCC1. The van der Waals surface area contributed by atoms with Gasteiger partial charge in [-0.05, 0) is 130 Å². The van der Waals surface area contributed by atoms with Crippen molar-refractivity contribution in [1.82, 2.24) is 19.8 Å². The van der Waals surface area contributed by atoms with E-state index in [1.165, 1.54) is 76.1 Å². The second-order valence-corrected chi connectivity index (χ2v) is 21.6. The Balaban J connectivity index is 0. The van der Waals surface area contributed by atoms with Crippen molar-refractivity contribution in [3.63, 3.8) is 0 Å². The van der Waals surface area contributed by atoms with Crippen LogP contribution in [0, 0.1) is 21.7 Å². The molecule has 0 saturated carbocycles. The number of hydrogen-bond donors (Lipinski definition) is 2. The molecule has 2 aliphatic rings. The molecule has 7 heteroatoms. The standard InChI is InChI=1S/C11H17N.C10H16N2.C10H21NO.C10H15N.C9H19N.C2H6.CH4/c1-11(2,3)9-12-10-7-5-4-6-8-10;1-10(2,3)8-12-9-5-4-6-11-7-9;1-10(2,3)12-9-11-7-5-4-6-8-11;1-10(2,3)8-9-4-6-11-7-5-9;1-9(2,3)8-10-6-4-5-7-10;1-2;/h4-8,12H,9H2,1-3H3;4-7,12H,8H2,1-3H3;4-9H2,1-3H3;4-7H,8H2,1-3H3;4-8H2,1-3H3;1-2H3;1H4. The van der Waals surface area contributed by atoms with Crippen LogP contribution in [-0.2, 0) is 11.2 Å². The van der Waals surface area contributed by atoms with Gasteiger partial charge in [0.15, 0.2) is 0 Å². The van der Waals surface area contributed by atoms with Crippen molar-refractivity contribution in [2.75, 3.05) is 63.2 Å². The third-order valence-electron chi connectivity index (χ3n) is 8.59. The number of anilines is 2. The molecule has 0 bridgehead atoms. The highest BCUT2D eigenvalue weighted by Gasteiger charge is 2.19. The fourth-order valence-electron chi connectivity index (χ4n) is 5.86. The Morgan fingerprint density at radius 1 is 0.517 bits per heavy atom. The molecule has 0 radical (unpaired) electrons. The predicted octanol–water partition coefficient (Wildman–Crippen LogP) is 14.4. The van der Waals surface area contributed by atoms with Crippen LogP contribution in [0.5, 0.6) is 0 Å². The van der Waals surface area contributed by atoms with Crippen molar-refractivity contribution in [1.29, 1.82) is 0 Å². The summed E-state index contributed by atoms with van der Waals surface area (Å²) in [6.45, 7) is 46.4. The maximum absolute atomic E-state index is 5.69. The van der Waals surface area contributed by atoms with Crippen molar-refractivity contribution in [3.05, 3.63) is 84.9 Å².